The highest BCUT2D eigenvalue weighted by Crippen LogP contribution is 2.48. The summed E-state index contributed by atoms with van der Waals surface area (Å²) in [6, 6.07) is 1.64. The first-order valence-corrected chi connectivity index (χ1v) is 13.2. The smallest absolute Gasteiger partial charge is 0.410 e. The van der Waals surface area contributed by atoms with Gasteiger partial charge in [-0.25, -0.2) is 4.79 Å². The van der Waals surface area contributed by atoms with Crippen molar-refractivity contribution in [2.24, 2.45) is 10.4 Å². The lowest BCUT2D eigenvalue weighted by atomic mass is 9.86. The average molecular weight is 586 g/mol. The Morgan fingerprint density at radius 2 is 1.86 bits per heavy atom. The molecule has 3 heterocycles. The Labute approximate surface area is 225 Å². The van der Waals surface area contributed by atoms with Gasteiger partial charge in [-0.05, 0) is 56.6 Å². The van der Waals surface area contributed by atoms with Crippen LogP contribution in [-0.4, -0.2) is 92.3 Å². The van der Waals surface area contributed by atoms with Crippen molar-refractivity contribution in [3.05, 3.63) is 21.1 Å². The quantitative estimate of drug-likeness (QED) is 0.294. The molecule has 9 nitrogen and oxygen atoms in total. The zero-order valence-electron chi connectivity index (χ0n) is 21.6. The Hall–Kier alpha value is -2.04. The predicted molar refractivity (Wildman–Crippen MR) is 142 cm³/mol. The van der Waals surface area contributed by atoms with Crippen LogP contribution in [0.2, 0.25) is 5.02 Å². The van der Waals surface area contributed by atoms with E-state index in [0.29, 0.717) is 71.8 Å². The predicted octanol–water partition coefficient (Wildman–Crippen LogP) is 4.18. The van der Waals surface area contributed by atoms with E-state index in [2.05, 4.69) is 25.8 Å². The van der Waals surface area contributed by atoms with Crippen LogP contribution in [0.3, 0.4) is 0 Å². The maximum atomic E-state index is 12.8. The summed E-state index contributed by atoms with van der Waals surface area (Å²) in [5.74, 6) is 1.20. The minimum absolute atomic E-state index is 0.0618. The van der Waals surface area contributed by atoms with Crippen LogP contribution in [0, 0.1) is 5.41 Å². The van der Waals surface area contributed by atoms with Gasteiger partial charge in [0.05, 0.1) is 33.8 Å². The highest BCUT2D eigenvalue weighted by Gasteiger charge is 2.45. The monoisotopic (exact) mass is 584 g/mol. The summed E-state index contributed by atoms with van der Waals surface area (Å²) < 4.78 is 17.9. The van der Waals surface area contributed by atoms with Gasteiger partial charge in [0.2, 0.25) is 6.41 Å². The number of amidine groups is 1. The standard InChI is InChI=1S/C25H34BrClN4O5/c1-15-9-31(23(33)36-24(3,4)5)16(2)8-30(15)22(28-6)17-7-18(27)19(26)21-20(17)29(14-32)10-25(13-35-21)11-34-12-25/h7,14-16H,8-13H2,1-6H3/t15?,16-/m1/s1. The number of ether oxygens (including phenoxy) is 3. The number of benzene rings is 1. The molecule has 4 rings (SSSR count). The summed E-state index contributed by atoms with van der Waals surface area (Å²) in [5.41, 5.74) is 0.503. The summed E-state index contributed by atoms with van der Waals surface area (Å²) >= 11 is 10.2. The van der Waals surface area contributed by atoms with Gasteiger partial charge in [-0.1, -0.05) is 11.6 Å². The molecule has 2 amide bonds. The lowest BCUT2D eigenvalue weighted by Gasteiger charge is -2.45. The Balaban J connectivity index is 1.70. The largest absolute Gasteiger partial charge is 0.489 e. The number of hydrogen-bond donors (Lipinski definition) is 0. The van der Waals surface area contributed by atoms with E-state index in [1.165, 1.54) is 0 Å². The van der Waals surface area contributed by atoms with Crippen LogP contribution in [0.15, 0.2) is 15.5 Å². The SMILES string of the molecule is CN=C(c1cc(Cl)c(Br)c2c1N(C=O)CC1(COC1)CO2)N1C[C@@H](C)N(C(=O)OC(C)(C)C)CC1C. The first-order chi connectivity index (χ1) is 16.9. The van der Waals surface area contributed by atoms with Gasteiger partial charge in [-0.15, -0.1) is 0 Å². The topological polar surface area (TPSA) is 83.9 Å². The van der Waals surface area contributed by atoms with Crippen molar-refractivity contribution >= 4 is 51.6 Å². The van der Waals surface area contributed by atoms with E-state index in [0.717, 1.165) is 6.41 Å². The fourth-order valence-electron chi connectivity index (χ4n) is 4.95. The summed E-state index contributed by atoms with van der Waals surface area (Å²) in [4.78, 5) is 35.4. The molecule has 0 aliphatic carbocycles. The average Bonchev–Trinajstić information content (AvgIpc) is 2.96. The zero-order chi connectivity index (χ0) is 26.4. The first-order valence-electron chi connectivity index (χ1n) is 12.1. The number of nitrogens with zero attached hydrogens (tertiary/aromatic N) is 4. The third kappa shape index (κ3) is 5.04. The molecular weight excluding hydrogens is 552 g/mol. The van der Waals surface area contributed by atoms with Crippen molar-refractivity contribution in [1.82, 2.24) is 9.80 Å². The lowest BCUT2D eigenvalue weighted by molar-refractivity contribution is -0.127. The van der Waals surface area contributed by atoms with Gasteiger partial charge in [0.15, 0.2) is 5.75 Å². The van der Waals surface area contributed by atoms with Crippen LogP contribution < -0.4 is 9.64 Å². The number of fused-ring (bicyclic) bond motifs is 1. The second-order valence-corrected chi connectivity index (χ2v) is 12.1. The summed E-state index contributed by atoms with van der Waals surface area (Å²) in [6.45, 7) is 12.6. The fraction of sp³-hybridized carbons (Fsp3) is 0.640. The number of anilines is 1. The second-order valence-electron chi connectivity index (χ2n) is 10.9. The van der Waals surface area contributed by atoms with Crippen LogP contribution >= 0.6 is 27.5 Å². The third-order valence-corrected chi connectivity index (χ3v) is 8.06. The van der Waals surface area contributed by atoms with Gasteiger partial charge in [0.1, 0.15) is 18.0 Å². The molecule has 36 heavy (non-hydrogen) atoms. The Morgan fingerprint density at radius 3 is 2.42 bits per heavy atom. The highest BCUT2D eigenvalue weighted by atomic mass is 79.9. The molecule has 1 aromatic rings. The molecule has 0 radical (unpaired) electrons. The van der Waals surface area contributed by atoms with Crippen LogP contribution in [-0.2, 0) is 14.3 Å². The van der Waals surface area contributed by atoms with Crippen LogP contribution in [0.1, 0.15) is 40.2 Å². The zero-order valence-corrected chi connectivity index (χ0v) is 24.0. The summed E-state index contributed by atoms with van der Waals surface area (Å²) in [5, 5.41) is 0.463. The molecule has 0 saturated carbocycles. The van der Waals surface area contributed by atoms with Gasteiger partial charge in [-0.2, -0.15) is 0 Å². The van der Waals surface area contributed by atoms with E-state index in [9.17, 15) is 9.59 Å². The van der Waals surface area contributed by atoms with Crippen LogP contribution in [0.5, 0.6) is 5.75 Å². The van der Waals surface area contributed by atoms with E-state index >= 15 is 0 Å². The second kappa shape index (κ2) is 10.0. The molecule has 2 atom stereocenters. The Kier molecular flexibility index (Phi) is 7.52. The Bertz CT molecular complexity index is 1070. The van der Waals surface area contributed by atoms with Crippen molar-refractivity contribution in [3.8, 4) is 5.75 Å². The highest BCUT2D eigenvalue weighted by molar-refractivity contribution is 9.10. The molecule has 1 unspecified atom stereocenters. The van der Waals surface area contributed by atoms with Crippen molar-refractivity contribution < 1.29 is 23.8 Å². The van der Waals surface area contributed by atoms with Crippen molar-refractivity contribution in [1.29, 1.82) is 0 Å². The number of carbonyl (C=O) groups is 2. The van der Waals surface area contributed by atoms with Crippen LogP contribution in [0.25, 0.3) is 0 Å². The number of carbonyl (C=O) groups excluding carboxylic acids is 2. The van der Waals surface area contributed by atoms with Gasteiger partial charge >= 0.3 is 6.09 Å². The van der Waals surface area contributed by atoms with Crippen LogP contribution in [0.4, 0.5) is 10.5 Å². The molecule has 3 aliphatic heterocycles. The van der Waals surface area contributed by atoms with E-state index < -0.39 is 5.60 Å². The number of rotatable bonds is 2. The normalized spacial score (nSPS) is 24.0. The molecular formula is C25H34BrClN4O5. The fourth-order valence-corrected chi connectivity index (χ4v) is 5.56. The molecule has 198 valence electrons. The van der Waals surface area contributed by atoms with Crippen molar-refractivity contribution in [3.63, 3.8) is 0 Å². The van der Waals surface area contributed by atoms with E-state index in [1.54, 1.807) is 16.8 Å². The molecule has 0 N–H and O–H groups in total. The summed E-state index contributed by atoms with van der Waals surface area (Å²) in [6.07, 6.45) is 0.502. The molecule has 3 aliphatic rings. The van der Waals surface area contributed by atoms with E-state index in [4.69, 9.17) is 25.8 Å². The van der Waals surface area contributed by atoms with Gasteiger partial charge in [0.25, 0.3) is 0 Å². The van der Waals surface area contributed by atoms with E-state index in [-0.39, 0.29) is 23.6 Å². The minimum atomic E-state index is -0.569. The number of hydrogen-bond acceptors (Lipinski definition) is 6. The lowest BCUT2D eigenvalue weighted by Crippen LogP contribution is -2.60. The first kappa shape index (κ1) is 27.0. The summed E-state index contributed by atoms with van der Waals surface area (Å²) in [7, 11) is 1.72. The van der Waals surface area contributed by atoms with Gasteiger partial charge < -0.3 is 28.9 Å². The Morgan fingerprint density at radius 1 is 1.22 bits per heavy atom. The number of amides is 2. The number of piperazine rings is 1. The number of aliphatic imine (C=N–C) groups is 1. The molecule has 1 spiro atoms. The molecule has 2 fully saturated rings. The van der Waals surface area contributed by atoms with Gasteiger partial charge in [0, 0.05) is 44.3 Å². The number of halogens is 2. The van der Waals surface area contributed by atoms with Crippen molar-refractivity contribution in [2.45, 2.75) is 52.3 Å². The van der Waals surface area contributed by atoms with Gasteiger partial charge in [-0.3, -0.25) is 9.79 Å². The molecule has 0 bridgehead atoms. The molecule has 1 aromatic carbocycles. The maximum Gasteiger partial charge on any atom is 0.410 e. The molecule has 0 aromatic heterocycles. The molecule has 11 heteroatoms. The van der Waals surface area contributed by atoms with Crippen molar-refractivity contribution in [2.75, 3.05) is 51.4 Å². The maximum absolute atomic E-state index is 12.8. The third-order valence-electron chi connectivity index (χ3n) is 6.75. The van der Waals surface area contributed by atoms with E-state index in [1.807, 2.05) is 40.7 Å². The minimum Gasteiger partial charge on any atom is -0.489 e. The molecule has 2 saturated heterocycles.